The van der Waals surface area contributed by atoms with E-state index in [0.717, 1.165) is 0 Å². The molecule has 12 heteroatoms. The Morgan fingerprint density at radius 1 is 1.20 bits per heavy atom. The van der Waals surface area contributed by atoms with Crippen LogP contribution in [0, 0.1) is 0 Å². The van der Waals surface area contributed by atoms with Gasteiger partial charge in [-0.05, 0) is 24.3 Å². The van der Waals surface area contributed by atoms with Gasteiger partial charge in [0, 0.05) is 36.6 Å². The summed E-state index contributed by atoms with van der Waals surface area (Å²) in [6.07, 6.45) is -1.09. The molecule has 3 aromatic rings. The third-order valence-corrected chi connectivity index (χ3v) is 4.45. The van der Waals surface area contributed by atoms with Crippen molar-refractivity contribution in [1.82, 2.24) is 14.8 Å². The van der Waals surface area contributed by atoms with E-state index in [1.165, 1.54) is 37.6 Å². The molecule has 30 heavy (non-hydrogen) atoms. The SMILES string of the molecule is CN=C(Nc1ccc(-c2cc3c(cc2Cl)OC(F)(F)O3)cn1)c1ccnn1C(F)F. The molecule has 0 spiro atoms. The predicted octanol–water partition coefficient (Wildman–Crippen LogP) is 4.80. The third kappa shape index (κ3) is 3.75. The number of amidine groups is 1. The fraction of sp³-hybridized carbons (Fsp3) is 0.167. The van der Waals surface area contributed by atoms with Crippen LogP contribution in [0.15, 0.2) is 47.7 Å². The number of aromatic nitrogens is 3. The van der Waals surface area contributed by atoms with Crippen molar-refractivity contribution in [3.63, 3.8) is 0 Å². The summed E-state index contributed by atoms with van der Waals surface area (Å²) in [6.45, 7) is -2.83. The molecule has 0 atom stereocenters. The third-order valence-electron chi connectivity index (χ3n) is 4.13. The molecule has 156 valence electrons. The van der Waals surface area contributed by atoms with E-state index in [0.29, 0.717) is 21.6 Å². The molecule has 1 N–H and O–H groups in total. The van der Waals surface area contributed by atoms with Crippen molar-refractivity contribution in [2.75, 3.05) is 12.4 Å². The Kier molecular flexibility index (Phi) is 4.98. The zero-order valence-electron chi connectivity index (χ0n) is 15.1. The van der Waals surface area contributed by atoms with Crippen molar-refractivity contribution in [1.29, 1.82) is 0 Å². The number of pyridine rings is 1. The van der Waals surface area contributed by atoms with Crippen LogP contribution in [-0.4, -0.2) is 33.9 Å². The van der Waals surface area contributed by atoms with Gasteiger partial charge in [0.05, 0.1) is 5.02 Å². The van der Waals surface area contributed by atoms with Crippen LogP contribution in [0.25, 0.3) is 11.1 Å². The fourth-order valence-corrected chi connectivity index (χ4v) is 3.10. The Morgan fingerprint density at radius 2 is 1.93 bits per heavy atom. The highest BCUT2D eigenvalue weighted by atomic mass is 35.5. The molecule has 1 aliphatic rings. The summed E-state index contributed by atoms with van der Waals surface area (Å²) >= 11 is 6.17. The number of fused-ring (bicyclic) bond motifs is 1. The van der Waals surface area contributed by atoms with Crippen LogP contribution in [0.2, 0.25) is 5.02 Å². The molecular formula is C18H12ClF4N5O2. The van der Waals surface area contributed by atoms with E-state index in [1.54, 1.807) is 12.1 Å². The van der Waals surface area contributed by atoms with Gasteiger partial charge in [-0.15, -0.1) is 8.78 Å². The second-order valence-electron chi connectivity index (χ2n) is 6.01. The van der Waals surface area contributed by atoms with Gasteiger partial charge in [0.25, 0.3) is 0 Å². The van der Waals surface area contributed by atoms with E-state index in [9.17, 15) is 17.6 Å². The number of alkyl halides is 4. The predicted molar refractivity (Wildman–Crippen MR) is 100 cm³/mol. The highest BCUT2D eigenvalue weighted by molar-refractivity contribution is 6.33. The number of halogens is 5. The van der Waals surface area contributed by atoms with Crippen molar-refractivity contribution in [3.05, 3.63) is 53.4 Å². The summed E-state index contributed by atoms with van der Waals surface area (Å²) < 4.78 is 61.9. The quantitative estimate of drug-likeness (QED) is 0.357. The maximum atomic E-state index is 13.2. The summed E-state index contributed by atoms with van der Waals surface area (Å²) in [5.41, 5.74) is 0.994. The summed E-state index contributed by atoms with van der Waals surface area (Å²) in [7, 11) is 1.43. The number of benzene rings is 1. The van der Waals surface area contributed by atoms with Crippen molar-refractivity contribution >= 4 is 23.3 Å². The number of rotatable bonds is 4. The molecule has 0 radical (unpaired) electrons. The number of aliphatic imine (C=N–C) groups is 1. The first-order valence-corrected chi connectivity index (χ1v) is 8.77. The van der Waals surface area contributed by atoms with Crippen LogP contribution in [0.3, 0.4) is 0 Å². The van der Waals surface area contributed by atoms with Crippen LogP contribution in [0.5, 0.6) is 11.5 Å². The molecule has 0 unspecified atom stereocenters. The van der Waals surface area contributed by atoms with Crippen molar-refractivity contribution in [2.45, 2.75) is 12.8 Å². The fourth-order valence-electron chi connectivity index (χ4n) is 2.83. The van der Waals surface area contributed by atoms with E-state index < -0.39 is 12.8 Å². The lowest BCUT2D eigenvalue weighted by molar-refractivity contribution is -0.286. The summed E-state index contributed by atoms with van der Waals surface area (Å²) in [4.78, 5) is 8.17. The molecule has 1 aromatic carbocycles. The first kappa shape index (κ1) is 20.0. The molecule has 1 aliphatic heterocycles. The molecule has 2 aromatic heterocycles. The largest absolute Gasteiger partial charge is 0.586 e. The average Bonchev–Trinajstić information content (AvgIpc) is 3.29. The number of hydrogen-bond acceptors (Lipinski definition) is 5. The maximum absolute atomic E-state index is 13.2. The van der Waals surface area contributed by atoms with E-state index in [4.69, 9.17) is 11.6 Å². The standard InChI is InChI=1S/C18H12ClF4N5O2/c1-24-16(12-4-5-26-28(12)17(20)21)27-15-3-2-9(8-25-15)10-6-13-14(7-11(10)19)30-18(22,23)29-13/h2-8,17H,1H3,(H,24,25,27). The average molecular weight is 442 g/mol. The summed E-state index contributed by atoms with van der Waals surface area (Å²) in [5, 5.41) is 6.56. The van der Waals surface area contributed by atoms with Crippen molar-refractivity contribution < 1.29 is 27.0 Å². The van der Waals surface area contributed by atoms with Crippen molar-refractivity contribution in [3.8, 4) is 22.6 Å². The topological polar surface area (TPSA) is 73.6 Å². The smallest absolute Gasteiger partial charge is 0.395 e. The number of nitrogens with zero attached hydrogens (tertiary/aromatic N) is 4. The van der Waals surface area contributed by atoms with Gasteiger partial charge in [-0.1, -0.05) is 11.6 Å². The summed E-state index contributed by atoms with van der Waals surface area (Å²) in [5.74, 6) is 0.128. The molecule has 0 amide bonds. The van der Waals surface area contributed by atoms with Gasteiger partial charge in [-0.2, -0.15) is 13.9 Å². The Hall–Kier alpha value is -3.34. The molecule has 0 saturated carbocycles. The van der Waals surface area contributed by atoms with E-state index in [2.05, 4.69) is 29.9 Å². The maximum Gasteiger partial charge on any atom is 0.586 e. The molecule has 0 fully saturated rings. The van der Waals surface area contributed by atoms with Crippen LogP contribution in [0.1, 0.15) is 12.2 Å². The Balaban J connectivity index is 1.58. The first-order chi connectivity index (χ1) is 14.3. The lowest BCUT2D eigenvalue weighted by atomic mass is 10.1. The second-order valence-corrected chi connectivity index (χ2v) is 6.42. The molecular weight excluding hydrogens is 430 g/mol. The van der Waals surface area contributed by atoms with E-state index in [1.807, 2.05) is 0 Å². The summed E-state index contributed by atoms with van der Waals surface area (Å²) in [6, 6.07) is 7.11. The minimum absolute atomic E-state index is 0.0816. The Bertz CT molecular complexity index is 1120. The van der Waals surface area contributed by atoms with Gasteiger partial charge in [-0.3, -0.25) is 4.99 Å². The van der Waals surface area contributed by atoms with Gasteiger partial charge in [0.15, 0.2) is 17.3 Å². The lowest BCUT2D eigenvalue weighted by Crippen LogP contribution is -2.25. The van der Waals surface area contributed by atoms with Crippen LogP contribution >= 0.6 is 11.6 Å². The Morgan fingerprint density at radius 3 is 2.57 bits per heavy atom. The molecule has 0 aliphatic carbocycles. The van der Waals surface area contributed by atoms with E-state index >= 15 is 0 Å². The number of anilines is 1. The van der Waals surface area contributed by atoms with E-state index in [-0.39, 0.29) is 28.1 Å². The number of hydrogen-bond donors (Lipinski definition) is 1. The minimum atomic E-state index is -3.75. The number of nitrogens with one attached hydrogen (secondary N) is 1. The van der Waals surface area contributed by atoms with Crippen LogP contribution in [-0.2, 0) is 0 Å². The Labute approximate surface area is 171 Å². The van der Waals surface area contributed by atoms with Gasteiger partial charge in [-0.25, -0.2) is 9.67 Å². The molecule has 4 rings (SSSR count). The monoisotopic (exact) mass is 441 g/mol. The minimum Gasteiger partial charge on any atom is -0.395 e. The highest BCUT2D eigenvalue weighted by Gasteiger charge is 2.43. The molecule has 3 heterocycles. The van der Waals surface area contributed by atoms with Crippen LogP contribution < -0.4 is 14.8 Å². The molecule has 0 saturated heterocycles. The zero-order valence-corrected chi connectivity index (χ0v) is 15.9. The normalized spacial score (nSPS) is 15.0. The molecule has 0 bridgehead atoms. The van der Waals surface area contributed by atoms with Gasteiger partial charge < -0.3 is 14.8 Å². The molecule has 7 nitrogen and oxygen atoms in total. The number of ether oxygens (including phenoxy) is 2. The van der Waals surface area contributed by atoms with Crippen LogP contribution in [0.4, 0.5) is 23.4 Å². The van der Waals surface area contributed by atoms with Gasteiger partial charge >= 0.3 is 12.8 Å². The zero-order chi connectivity index (χ0) is 21.5. The second kappa shape index (κ2) is 7.48. The van der Waals surface area contributed by atoms with Gasteiger partial charge in [0.1, 0.15) is 11.5 Å². The van der Waals surface area contributed by atoms with Gasteiger partial charge in [0.2, 0.25) is 0 Å². The first-order valence-electron chi connectivity index (χ1n) is 8.39. The highest BCUT2D eigenvalue weighted by Crippen LogP contribution is 2.46. The van der Waals surface area contributed by atoms with Crippen molar-refractivity contribution in [2.24, 2.45) is 4.99 Å². The lowest BCUT2D eigenvalue weighted by Gasteiger charge is -2.11.